The molecule has 0 radical (unpaired) electrons. The predicted octanol–water partition coefficient (Wildman–Crippen LogP) is 2.06. The summed E-state index contributed by atoms with van der Waals surface area (Å²) in [5, 5.41) is 0. The van der Waals surface area contributed by atoms with E-state index in [1.165, 1.54) is 0 Å². The summed E-state index contributed by atoms with van der Waals surface area (Å²) < 4.78 is 37.0. The molecule has 0 heterocycles. The summed E-state index contributed by atoms with van der Waals surface area (Å²) in [5.41, 5.74) is 5.63. The maximum atomic E-state index is 12.3. The Kier molecular flexibility index (Phi) is 4.80. The van der Waals surface area contributed by atoms with Gasteiger partial charge in [-0.15, -0.1) is 0 Å². The van der Waals surface area contributed by atoms with Crippen LogP contribution in [0.4, 0.5) is 13.2 Å². The molecular weight excluding hydrogens is 233 g/mol. The van der Waals surface area contributed by atoms with Gasteiger partial charge >= 0.3 is 6.18 Å². The van der Waals surface area contributed by atoms with E-state index in [1.54, 1.807) is 0 Å². The number of nitrogens with zero attached hydrogens (tertiary/aromatic N) is 1. The second kappa shape index (κ2) is 5.71. The molecule has 1 amide bonds. The van der Waals surface area contributed by atoms with Gasteiger partial charge in [-0.05, 0) is 19.3 Å². The molecule has 0 aromatic carbocycles. The lowest BCUT2D eigenvalue weighted by molar-refractivity contribution is -0.163. The largest absolute Gasteiger partial charge is 0.406 e. The minimum Gasteiger partial charge on any atom is -0.329 e. The van der Waals surface area contributed by atoms with Gasteiger partial charge in [0.15, 0.2) is 0 Å². The third kappa shape index (κ3) is 4.93. The molecule has 2 N–H and O–H groups in total. The maximum Gasteiger partial charge on any atom is 0.406 e. The van der Waals surface area contributed by atoms with Crippen LogP contribution in [0.3, 0.4) is 0 Å². The normalized spacial score (nSPS) is 17.9. The Hall–Kier alpha value is -0.780. The molecule has 0 spiro atoms. The molecule has 0 saturated heterocycles. The average molecular weight is 252 g/mol. The molecule has 0 unspecified atom stereocenters. The first-order chi connectivity index (χ1) is 7.85. The van der Waals surface area contributed by atoms with Gasteiger partial charge < -0.3 is 10.6 Å². The van der Waals surface area contributed by atoms with Crippen molar-refractivity contribution in [2.75, 3.05) is 6.54 Å². The highest BCUT2D eigenvalue weighted by atomic mass is 19.4. The maximum absolute atomic E-state index is 12.3. The average Bonchev–Trinajstić information content (AvgIpc) is 3.04. The molecule has 1 saturated carbocycles. The second-order valence-corrected chi connectivity index (χ2v) is 4.56. The van der Waals surface area contributed by atoms with E-state index in [0.717, 1.165) is 17.7 Å². The minimum absolute atomic E-state index is 0.253. The van der Waals surface area contributed by atoms with Crippen LogP contribution in [0.25, 0.3) is 0 Å². The quantitative estimate of drug-likeness (QED) is 0.786. The van der Waals surface area contributed by atoms with Crippen LogP contribution in [0.5, 0.6) is 0 Å². The van der Waals surface area contributed by atoms with Gasteiger partial charge in [0.05, 0.1) is 6.04 Å². The highest BCUT2D eigenvalue weighted by Crippen LogP contribution is 2.30. The van der Waals surface area contributed by atoms with Crippen molar-refractivity contribution in [3.63, 3.8) is 0 Å². The number of halogens is 3. The minimum atomic E-state index is -4.34. The van der Waals surface area contributed by atoms with Crippen LogP contribution in [0.2, 0.25) is 0 Å². The number of amides is 1. The van der Waals surface area contributed by atoms with Gasteiger partial charge in [-0.3, -0.25) is 4.79 Å². The Morgan fingerprint density at radius 2 is 2.06 bits per heavy atom. The number of hydrogen-bond donors (Lipinski definition) is 1. The Labute approximate surface area is 99.1 Å². The third-order valence-electron chi connectivity index (χ3n) is 2.81. The van der Waals surface area contributed by atoms with E-state index < -0.39 is 24.7 Å². The van der Waals surface area contributed by atoms with E-state index in [2.05, 4.69) is 0 Å². The van der Waals surface area contributed by atoms with E-state index in [0.29, 0.717) is 19.3 Å². The number of rotatable bonds is 6. The molecule has 1 rings (SSSR count). The zero-order valence-corrected chi connectivity index (χ0v) is 9.96. The van der Waals surface area contributed by atoms with Crippen molar-refractivity contribution in [1.29, 1.82) is 0 Å². The number of alkyl halides is 3. The van der Waals surface area contributed by atoms with Crippen molar-refractivity contribution in [3.8, 4) is 0 Å². The molecule has 0 aliphatic heterocycles. The lowest BCUT2D eigenvalue weighted by Crippen LogP contribution is -2.48. The fourth-order valence-electron chi connectivity index (χ4n) is 1.73. The standard InChI is InChI=1S/C11H19F3N2O/c1-2-3-4-9(15)10(17)16(8-5-6-8)7-11(12,13)14/h8-9H,2-7,15H2,1H3/t9-/m0/s1. The first kappa shape index (κ1) is 14.3. The van der Waals surface area contributed by atoms with E-state index in [-0.39, 0.29) is 6.04 Å². The van der Waals surface area contributed by atoms with Gasteiger partial charge in [0.1, 0.15) is 6.54 Å². The molecule has 0 bridgehead atoms. The van der Waals surface area contributed by atoms with E-state index in [1.807, 2.05) is 6.92 Å². The van der Waals surface area contributed by atoms with Crippen molar-refractivity contribution < 1.29 is 18.0 Å². The van der Waals surface area contributed by atoms with Crippen LogP contribution in [-0.4, -0.2) is 35.6 Å². The Balaban J connectivity index is 2.54. The monoisotopic (exact) mass is 252 g/mol. The molecule has 0 aromatic rings. The van der Waals surface area contributed by atoms with Gasteiger partial charge in [-0.25, -0.2) is 0 Å². The first-order valence-corrected chi connectivity index (χ1v) is 5.98. The zero-order chi connectivity index (χ0) is 13.1. The van der Waals surface area contributed by atoms with Crippen LogP contribution >= 0.6 is 0 Å². The van der Waals surface area contributed by atoms with Gasteiger partial charge in [0, 0.05) is 6.04 Å². The van der Waals surface area contributed by atoms with Crippen molar-refractivity contribution in [1.82, 2.24) is 4.90 Å². The number of unbranched alkanes of at least 4 members (excludes halogenated alkanes) is 1. The van der Waals surface area contributed by atoms with Crippen LogP contribution in [0.15, 0.2) is 0 Å². The number of nitrogens with two attached hydrogens (primary N) is 1. The summed E-state index contributed by atoms with van der Waals surface area (Å²) in [6, 6.07) is -1.05. The third-order valence-corrected chi connectivity index (χ3v) is 2.81. The molecule has 6 heteroatoms. The Morgan fingerprint density at radius 3 is 2.47 bits per heavy atom. The zero-order valence-electron chi connectivity index (χ0n) is 9.96. The van der Waals surface area contributed by atoms with E-state index in [9.17, 15) is 18.0 Å². The second-order valence-electron chi connectivity index (χ2n) is 4.56. The number of carbonyl (C=O) groups is 1. The highest BCUT2D eigenvalue weighted by Gasteiger charge is 2.41. The molecule has 100 valence electrons. The van der Waals surface area contributed by atoms with Gasteiger partial charge in [-0.1, -0.05) is 19.8 Å². The van der Waals surface area contributed by atoms with Crippen LogP contribution < -0.4 is 5.73 Å². The lowest BCUT2D eigenvalue weighted by atomic mass is 10.1. The predicted molar refractivity (Wildman–Crippen MR) is 58.3 cm³/mol. The van der Waals surface area contributed by atoms with Crippen molar-refractivity contribution in [2.24, 2.45) is 5.73 Å². The molecule has 0 aromatic heterocycles. The smallest absolute Gasteiger partial charge is 0.329 e. The molecule has 1 aliphatic rings. The van der Waals surface area contributed by atoms with Crippen molar-refractivity contribution in [2.45, 2.75) is 57.3 Å². The summed E-state index contributed by atoms with van der Waals surface area (Å²) in [7, 11) is 0. The number of hydrogen-bond acceptors (Lipinski definition) is 2. The van der Waals surface area contributed by atoms with E-state index in [4.69, 9.17) is 5.73 Å². The lowest BCUT2D eigenvalue weighted by Gasteiger charge is -2.26. The summed E-state index contributed by atoms with van der Waals surface area (Å²) >= 11 is 0. The van der Waals surface area contributed by atoms with Crippen LogP contribution in [0, 0.1) is 0 Å². The van der Waals surface area contributed by atoms with Crippen LogP contribution in [-0.2, 0) is 4.79 Å². The highest BCUT2D eigenvalue weighted by molar-refractivity contribution is 5.82. The Morgan fingerprint density at radius 1 is 1.47 bits per heavy atom. The summed E-state index contributed by atoms with van der Waals surface area (Å²) in [6.07, 6.45) is -0.940. The fraction of sp³-hybridized carbons (Fsp3) is 0.909. The molecule has 1 atom stereocenters. The van der Waals surface area contributed by atoms with Gasteiger partial charge in [0.2, 0.25) is 5.91 Å². The van der Waals surface area contributed by atoms with Crippen molar-refractivity contribution >= 4 is 5.91 Å². The SMILES string of the molecule is CCCC[C@H](N)C(=O)N(CC(F)(F)F)C1CC1. The van der Waals surface area contributed by atoms with Gasteiger partial charge in [-0.2, -0.15) is 13.2 Å². The first-order valence-electron chi connectivity index (χ1n) is 5.98. The van der Waals surface area contributed by atoms with Crippen molar-refractivity contribution in [3.05, 3.63) is 0 Å². The van der Waals surface area contributed by atoms with Crippen LogP contribution in [0.1, 0.15) is 39.0 Å². The molecule has 17 heavy (non-hydrogen) atoms. The number of carbonyl (C=O) groups excluding carboxylic acids is 1. The van der Waals surface area contributed by atoms with Gasteiger partial charge in [0.25, 0.3) is 0 Å². The molecular formula is C11H19F3N2O. The molecule has 1 fully saturated rings. The summed E-state index contributed by atoms with van der Waals surface area (Å²) in [6.45, 7) is 0.780. The topological polar surface area (TPSA) is 46.3 Å². The van der Waals surface area contributed by atoms with E-state index >= 15 is 0 Å². The Bertz CT molecular complexity index is 264. The summed E-state index contributed by atoms with van der Waals surface area (Å²) in [4.78, 5) is 12.7. The molecule has 3 nitrogen and oxygen atoms in total. The molecule has 1 aliphatic carbocycles. The summed E-state index contributed by atoms with van der Waals surface area (Å²) in [5.74, 6) is -0.557. The fourth-order valence-corrected chi connectivity index (χ4v) is 1.73.